The fraction of sp³-hybridized carbons (Fsp3) is 1.00. The summed E-state index contributed by atoms with van der Waals surface area (Å²) < 4.78 is 0. The Hall–Kier alpha value is 0.368. The van der Waals surface area contributed by atoms with Gasteiger partial charge in [-0.3, -0.25) is 0 Å². The van der Waals surface area contributed by atoms with Crippen LogP contribution in [0.4, 0.5) is 0 Å². The molecule has 0 radical (unpaired) electrons. The minimum Gasteiger partial charge on any atom is -0.412 e. The summed E-state index contributed by atoms with van der Waals surface area (Å²) in [5.41, 5.74) is 6.97. The second kappa shape index (κ2) is 285. The smallest absolute Gasteiger partial charge is 0.0711 e. The van der Waals surface area contributed by atoms with Crippen LogP contribution in [0.2, 0.25) is 0 Å². The molecule has 0 rings (SSSR count). The Kier molecular flexibility index (Phi) is 2350. The number of rotatable bonds is 0. The van der Waals surface area contributed by atoms with Gasteiger partial charge in [0, 0.05) is 21.1 Å². The average molecular weight is 395 g/mol. The van der Waals surface area contributed by atoms with Crippen molar-refractivity contribution in [1.29, 1.82) is 0 Å². The van der Waals surface area contributed by atoms with Crippen LogP contribution in [0.1, 0.15) is 13.8 Å². The van der Waals surface area contributed by atoms with Gasteiger partial charge in [-0.15, -0.1) is 0 Å². The molecule has 0 heterocycles. The van der Waals surface area contributed by atoms with E-state index in [2.05, 4.69) is 11.5 Å². The molecule has 8 nitrogen and oxygen atoms in total. The molecule has 0 aliphatic rings. The molecule has 18 N–H and O–H groups in total. The van der Waals surface area contributed by atoms with E-state index in [0.717, 1.165) is 13.1 Å². The van der Waals surface area contributed by atoms with E-state index in [-0.39, 0.29) is 53.9 Å². The summed E-state index contributed by atoms with van der Waals surface area (Å²) in [6.45, 7) is 6.03. The maximum absolute atomic E-state index is 3.49. The van der Waals surface area contributed by atoms with Crippen LogP contribution in [-0.2, 0) is 21.1 Å². The molecule has 0 saturated carbocycles. The molecule has 0 unspecified atom stereocenters. The predicted molar refractivity (Wildman–Crippen MR) is 48.5 cm³/mol. The zero-order chi connectivity index (χ0) is 5.41. The third-order valence-corrected chi connectivity index (χ3v) is 0. The van der Waals surface area contributed by atoms with Gasteiger partial charge in [0.15, 0.2) is 0 Å². The van der Waals surface area contributed by atoms with Crippen molar-refractivity contribution in [3.05, 3.63) is 0 Å². The zero-order valence-corrected chi connectivity index (χ0v) is 10.4. The van der Waals surface area contributed by atoms with E-state index in [4.69, 9.17) is 0 Å². The second-order valence-corrected chi connectivity index (χ2v) is 1.000. The summed E-state index contributed by atoms with van der Waals surface area (Å²) in [6, 6.07) is 0. The van der Waals surface area contributed by atoms with Crippen molar-refractivity contribution < 1.29 is 65.4 Å². The summed E-state index contributed by atoms with van der Waals surface area (Å²) in [4.78, 5) is 0. The first-order chi connectivity index (χ1) is 2.83. The monoisotopic (exact) mass is 395 g/mol. The SMILES string of the molecule is CC[NH3+].CC[NH3+].O.O.O.O.O.O.[Pt]. The quantitative estimate of drug-likeness (QED) is 0.388. The van der Waals surface area contributed by atoms with Gasteiger partial charge < -0.3 is 44.3 Å². The molecular formula is C4H28N2O6Pt+2. The maximum atomic E-state index is 3.49. The van der Waals surface area contributed by atoms with Gasteiger partial charge in [0.1, 0.15) is 0 Å². The second-order valence-electron chi connectivity index (χ2n) is 1.000. The first-order valence-electron chi connectivity index (χ1n) is 2.41. The number of hydrogen-bond donors (Lipinski definition) is 2. The third kappa shape index (κ3) is 9800. The summed E-state index contributed by atoms with van der Waals surface area (Å²) in [5.74, 6) is 0. The summed E-state index contributed by atoms with van der Waals surface area (Å²) in [5, 5.41) is 0. The first kappa shape index (κ1) is 107. The summed E-state index contributed by atoms with van der Waals surface area (Å²) in [7, 11) is 0. The van der Waals surface area contributed by atoms with Crippen molar-refractivity contribution in [2.45, 2.75) is 13.8 Å². The van der Waals surface area contributed by atoms with Crippen LogP contribution in [0.15, 0.2) is 0 Å². The molecule has 0 saturated heterocycles. The molecule has 0 atom stereocenters. The molecule has 0 fully saturated rings. The molecule has 0 aromatic rings. The molecule has 13 heavy (non-hydrogen) atoms. The number of hydrogen-bond acceptors (Lipinski definition) is 0. The van der Waals surface area contributed by atoms with Crippen LogP contribution in [-0.4, -0.2) is 45.9 Å². The van der Waals surface area contributed by atoms with Crippen molar-refractivity contribution in [3.63, 3.8) is 0 Å². The van der Waals surface area contributed by atoms with Crippen LogP contribution < -0.4 is 11.5 Å². The first-order valence-corrected chi connectivity index (χ1v) is 2.41. The Balaban J connectivity index is -0.00000000229. The molecule has 0 aromatic carbocycles. The average Bonchev–Trinajstić information content (AvgIpc) is 1.39. The van der Waals surface area contributed by atoms with Gasteiger partial charge in [-0.2, -0.15) is 0 Å². The maximum Gasteiger partial charge on any atom is 0.0711 e. The summed E-state index contributed by atoms with van der Waals surface area (Å²) >= 11 is 0. The molecule has 0 aliphatic carbocycles. The largest absolute Gasteiger partial charge is 0.412 e. The Labute approximate surface area is 92.8 Å². The number of quaternary nitrogens is 2. The van der Waals surface area contributed by atoms with Crippen LogP contribution in [0, 0.1) is 0 Å². The Morgan fingerprint density at radius 3 is 0.615 bits per heavy atom. The van der Waals surface area contributed by atoms with Crippen LogP contribution >= 0.6 is 0 Å². The molecule has 0 bridgehead atoms. The van der Waals surface area contributed by atoms with Crippen molar-refractivity contribution in [2.75, 3.05) is 13.1 Å². The molecule has 0 amide bonds. The van der Waals surface area contributed by atoms with Crippen LogP contribution in [0.5, 0.6) is 0 Å². The topological polar surface area (TPSA) is 244 Å². The van der Waals surface area contributed by atoms with Crippen LogP contribution in [0.25, 0.3) is 0 Å². The predicted octanol–water partition coefficient (Wildman–Crippen LogP) is -6.45. The normalized spacial score (nSPS) is 2.77. The van der Waals surface area contributed by atoms with Crippen molar-refractivity contribution in [1.82, 2.24) is 0 Å². The Morgan fingerprint density at radius 1 is 0.615 bits per heavy atom. The van der Waals surface area contributed by atoms with Gasteiger partial charge in [-0.05, 0) is 13.8 Å². The van der Waals surface area contributed by atoms with Crippen molar-refractivity contribution >= 4 is 0 Å². The van der Waals surface area contributed by atoms with E-state index >= 15 is 0 Å². The molecular weight excluding hydrogens is 367 g/mol. The van der Waals surface area contributed by atoms with Crippen molar-refractivity contribution in [3.8, 4) is 0 Å². The van der Waals surface area contributed by atoms with Crippen molar-refractivity contribution in [2.24, 2.45) is 0 Å². The van der Waals surface area contributed by atoms with Gasteiger partial charge in [-0.1, -0.05) is 0 Å². The minimum atomic E-state index is 0. The van der Waals surface area contributed by atoms with E-state index in [1.54, 1.807) is 0 Å². The third-order valence-electron chi connectivity index (χ3n) is 0. The van der Waals surface area contributed by atoms with Gasteiger partial charge in [-0.25, -0.2) is 0 Å². The molecule has 0 aliphatic heterocycles. The van der Waals surface area contributed by atoms with E-state index < -0.39 is 0 Å². The fourth-order valence-corrected chi connectivity index (χ4v) is 0. The zero-order valence-electron chi connectivity index (χ0n) is 8.14. The molecule has 9 heteroatoms. The van der Waals surface area contributed by atoms with E-state index in [9.17, 15) is 0 Å². The van der Waals surface area contributed by atoms with Crippen LogP contribution in [0.3, 0.4) is 0 Å². The fourth-order valence-electron chi connectivity index (χ4n) is 0. The molecule has 0 aromatic heterocycles. The molecule has 98 valence electrons. The minimum absolute atomic E-state index is 0. The molecule has 0 spiro atoms. The Morgan fingerprint density at radius 2 is 0.615 bits per heavy atom. The summed E-state index contributed by atoms with van der Waals surface area (Å²) in [6.07, 6.45) is 0. The van der Waals surface area contributed by atoms with E-state index in [1.807, 2.05) is 13.8 Å². The van der Waals surface area contributed by atoms with Gasteiger partial charge in [0.25, 0.3) is 0 Å². The van der Waals surface area contributed by atoms with Gasteiger partial charge >= 0.3 is 0 Å². The van der Waals surface area contributed by atoms with Gasteiger partial charge in [0.05, 0.1) is 13.1 Å². The van der Waals surface area contributed by atoms with E-state index in [0.29, 0.717) is 0 Å². The van der Waals surface area contributed by atoms with E-state index in [1.165, 1.54) is 0 Å². The van der Waals surface area contributed by atoms with Gasteiger partial charge in [0.2, 0.25) is 0 Å². The standard InChI is InChI=1S/2C2H7N.6H2O.Pt/c2*1-2-3;;;;;;;/h2*2-3H2,1H3;6*1H2;/p+2. The Bertz CT molecular complexity index is 24.6.